The molecule has 2 aromatic rings. The molecule has 1 saturated heterocycles. The minimum absolute atomic E-state index is 0.00175. The van der Waals surface area contributed by atoms with Gasteiger partial charge < -0.3 is 10.4 Å². The molecule has 0 radical (unpaired) electrons. The SMILES string of the molecule is O=C(N[C@@H]1CN(Cc2ccc(F)cc2)C[C@H]1CO)c1ccccc1. The van der Waals surface area contributed by atoms with E-state index in [0.717, 1.165) is 5.56 Å². The molecule has 1 fully saturated rings. The number of hydrogen-bond donors (Lipinski definition) is 2. The molecule has 0 unspecified atom stereocenters. The van der Waals surface area contributed by atoms with Crippen LogP contribution in [0.5, 0.6) is 0 Å². The van der Waals surface area contributed by atoms with Gasteiger partial charge in [-0.2, -0.15) is 0 Å². The standard InChI is InChI=1S/C19H21FN2O2/c20-17-8-6-14(7-9-17)10-22-11-16(13-23)18(12-22)21-19(24)15-4-2-1-3-5-15/h1-9,16,18,23H,10-13H2,(H,21,24)/t16-,18+/m0/s1. The first-order chi connectivity index (χ1) is 11.7. The van der Waals surface area contributed by atoms with Crippen molar-refractivity contribution in [3.8, 4) is 0 Å². The monoisotopic (exact) mass is 328 g/mol. The van der Waals surface area contributed by atoms with Crippen molar-refractivity contribution in [3.05, 3.63) is 71.5 Å². The van der Waals surface area contributed by atoms with Gasteiger partial charge >= 0.3 is 0 Å². The normalized spacial score (nSPS) is 20.9. The predicted octanol–water partition coefficient (Wildman–Crippen LogP) is 2.05. The Balaban J connectivity index is 1.62. The quantitative estimate of drug-likeness (QED) is 0.883. The highest BCUT2D eigenvalue weighted by Crippen LogP contribution is 2.20. The number of likely N-dealkylation sites (tertiary alicyclic amines) is 1. The van der Waals surface area contributed by atoms with Crippen LogP contribution in [0.2, 0.25) is 0 Å². The van der Waals surface area contributed by atoms with Crippen molar-refractivity contribution in [1.29, 1.82) is 0 Å². The molecule has 0 bridgehead atoms. The van der Waals surface area contributed by atoms with Crippen LogP contribution < -0.4 is 5.32 Å². The lowest BCUT2D eigenvalue weighted by atomic mass is 10.0. The number of aliphatic hydroxyl groups is 1. The molecule has 2 atom stereocenters. The van der Waals surface area contributed by atoms with Crippen LogP contribution in [-0.2, 0) is 6.54 Å². The number of halogens is 1. The summed E-state index contributed by atoms with van der Waals surface area (Å²) in [5, 5.41) is 12.6. The largest absolute Gasteiger partial charge is 0.396 e. The van der Waals surface area contributed by atoms with Crippen LogP contribution in [0.25, 0.3) is 0 Å². The Kier molecular flexibility index (Phi) is 5.23. The second-order valence-electron chi connectivity index (χ2n) is 6.21. The number of carbonyl (C=O) groups is 1. The average molecular weight is 328 g/mol. The number of nitrogens with zero attached hydrogens (tertiary/aromatic N) is 1. The lowest BCUT2D eigenvalue weighted by Crippen LogP contribution is -2.41. The Morgan fingerprint density at radius 3 is 2.50 bits per heavy atom. The van der Waals surface area contributed by atoms with Crippen molar-refractivity contribution in [2.45, 2.75) is 12.6 Å². The number of benzene rings is 2. The van der Waals surface area contributed by atoms with Crippen LogP contribution in [0, 0.1) is 11.7 Å². The fourth-order valence-corrected chi connectivity index (χ4v) is 3.13. The van der Waals surface area contributed by atoms with E-state index in [-0.39, 0.29) is 30.3 Å². The topological polar surface area (TPSA) is 52.6 Å². The van der Waals surface area contributed by atoms with Crippen molar-refractivity contribution in [3.63, 3.8) is 0 Å². The molecule has 1 amide bonds. The van der Waals surface area contributed by atoms with E-state index in [1.807, 2.05) is 18.2 Å². The van der Waals surface area contributed by atoms with E-state index in [0.29, 0.717) is 25.2 Å². The lowest BCUT2D eigenvalue weighted by Gasteiger charge is -2.18. The maximum absolute atomic E-state index is 13.0. The second kappa shape index (κ2) is 7.55. The summed E-state index contributed by atoms with van der Waals surface area (Å²) in [6.45, 7) is 2.07. The van der Waals surface area contributed by atoms with Crippen molar-refractivity contribution in [1.82, 2.24) is 10.2 Å². The molecular formula is C19H21FN2O2. The van der Waals surface area contributed by atoms with Crippen molar-refractivity contribution >= 4 is 5.91 Å². The van der Waals surface area contributed by atoms with Gasteiger partial charge in [0.2, 0.25) is 0 Å². The van der Waals surface area contributed by atoms with Crippen LogP contribution >= 0.6 is 0 Å². The van der Waals surface area contributed by atoms with Crippen LogP contribution in [-0.4, -0.2) is 41.7 Å². The zero-order valence-electron chi connectivity index (χ0n) is 13.4. The molecule has 24 heavy (non-hydrogen) atoms. The van der Waals surface area contributed by atoms with Crippen LogP contribution in [0.3, 0.4) is 0 Å². The van der Waals surface area contributed by atoms with Crippen LogP contribution in [0.4, 0.5) is 4.39 Å². The number of aliphatic hydroxyl groups excluding tert-OH is 1. The van der Waals surface area contributed by atoms with E-state index >= 15 is 0 Å². The van der Waals surface area contributed by atoms with Gasteiger partial charge in [-0.1, -0.05) is 30.3 Å². The number of hydrogen-bond acceptors (Lipinski definition) is 3. The summed E-state index contributed by atoms with van der Waals surface area (Å²) in [6, 6.07) is 15.4. The highest BCUT2D eigenvalue weighted by atomic mass is 19.1. The fourth-order valence-electron chi connectivity index (χ4n) is 3.13. The third-order valence-electron chi connectivity index (χ3n) is 4.42. The van der Waals surface area contributed by atoms with Crippen molar-refractivity contribution < 1.29 is 14.3 Å². The molecule has 126 valence electrons. The Morgan fingerprint density at radius 1 is 1.12 bits per heavy atom. The van der Waals surface area contributed by atoms with Gasteiger partial charge in [-0.3, -0.25) is 9.69 Å². The lowest BCUT2D eigenvalue weighted by molar-refractivity contribution is 0.0921. The smallest absolute Gasteiger partial charge is 0.251 e. The molecule has 0 aliphatic carbocycles. The number of amides is 1. The third kappa shape index (κ3) is 3.99. The molecule has 1 aliphatic rings. The van der Waals surface area contributed by atoms with Gasteiger partial charge in [0.1, 0.15) is 5.82 Å². The highest BCUT2D eigenvalue weighted by Gasteiger charge is 2.33. The molecule has 1 heterocycles. The molecule has 2 aromatic carbocycles. The van der Waals surface area contributed by atoms with E-state index in [4.69, 9.17) is 0 Å². The first kappa shape index (κ1) is 16.6. The minimum atomic E-state index is -0.249. The predicted molar refractivity (Wildman–Crippen MR) is 89.9 cm³/mol. The van der Waals surface area contributed by atoms with E-state index < -0.39 is 0 Å². The fraction of sp³-hybridized carbons (Fsp3) is 0.316. The first-order valence-electron chi connectivity index (χ1n) is 8.09. The van der Waals surface area contributed by atoms with Gasteiger partial charge in [0.15, 0.2) is 0 Å². The summed E-state index contributed by atoms with van der Waals surface area (Å²) < 4.78 is 13.0. The molecular weight excluding hydrogens is 307 g/mol. The van der Waals surface area contributed by atoms with Gasteiger partial charge in [-0.15, -0.1) is 0 Å². The maximum Gasteiger partial charge on any atom is 0.251 e. The summed E-state index contributed by atoms with van der Waals surface area (Å²) in [5.41, 5.74) is 1.63. The summed E-state index contributed by atoms with van der Waals surface area (Å²) in [4.78, 5) is 14.5. The van der Waals surface area contributed by atoms with E-state index in [1.165, 1.54) is 12.1 Å². The zero-order valence-corrected chi connectivity index (χ0v) is 13.4. The zero-order chi connectivity index (χ0) is 16.9. The van der Waals surface area contributed by atoms with E-state index in [1.54, 1.807) is 24.3 Å². The van der Waals surface area contributed by atoms with Gasteiger partial charge in [-0.05, 0) is 29.8 Å². The Morgan fingerprint density at radius 2 is 1.83 bits per heavy atom. The third-order valence-corrected chi connectivity index (χ3v) is 4.42. The molecule has 5 heteroatoms. The Bertz CT molecular complexity index is 676. The molecule has 0 aromatic heterocycles. The van der Waals surface area contributed by atoms with Gasteiger partial charge in [-0.25, -0.2) is 4.39 Å². The molecule has 1 aliphatic heterocycles. The Labute approximate surface area is 140 Å². The number of rotatable bonds is 5. The van der Waals surface area contributed by atoms with E-state index in [9.17, 15) is 14.3 Å². The summed E-state index contributed by atoms with van der Waals surface area (Å²) in [7, 11) is 0. The molecule has 2 N–H and O–H groups in total. The molecule has 4 nitrogen and oxygen atoms in total. The van der Waals surface area contributed by atoms with E-state index in [2.05, 4.69) is 10.2 Å². The summed E-state index contributed by atoms with van der Waals surface area (Å²) >= 11 is 0. The average Bonchev–Trinajstić information content (AvgIpc) is 2.99. The minimum Gasteiger partial charge on any atom is -0.396 e. The van der Waals surface area contributed by atoms with Gasteiger partial charge in [0, 0.05) is 43.8 Å². The summed E-state index contributed by atoms with van der Waals surface area (Å²) in [5.74, 6) is -0.373. The van der Waals surface area contributed by atoms with Gasteiger partial charge in [0.05, 0.1) is 0 Å². The molecule has 0 spiro atoms. The van der Waals surface area contributed by atoms with Crippen LogP contribution in [0.1, 0.15) is 15.9 Å². The van der Waals surface area contributed by atoms with Gasteiger partial charge in [0.25, 0.3) is 5.91 Å². The molecule has 0 saturated carbocycles. The Hall–Kier alpha value is -2.24. The first-order valence-corrected chi connectivity index (χ1v) is 8.09. The van der Waals surface area contributed by atoms with Crippen molar-refractivity contribution in [2.24, 2.45) is 5.92 Å². The highest BCUT2D eigenvalue weighted by molar-refractivity contribution is 5.94. The van der Waals surface area contributed by atoms with Crippen LogP contribution in [0.15, 0.2) is 54.6 Å². The number of carbonyl (C=O) groups excluding carboxylic acids is 1. The molecule has 3 rings (SSSR count). The summed E-state index contributed by atoms with van der Waals surface area (Å²) in [6.07, 6.45) is 0. The maximum atomic E-state index is 13.0. The van der Waals surface area contributed by atoms with Crippen molar-refractivity contribution in [2.75, 3.05) is 19.7 Å². The number of nitrogens with one attached hydrogen (secondary N) is 1. The second-order valence-corrected chi connectivity index (χ2v) is 6.21.